The highest BCUT2D eigenvalue weighted by Gasteiger charge is 2.53. The van der Waals surface area contributed by atoms with Crippen LogP contribution < -0.4 is 30.5 Å². The highest BCUT2D eigenvalue weighted by Crippen LogP contribution is 2.47. The van der Waals surface area contributed by atoms with Crippen molar-refractivity contribution in [3.63, 3.8) is 0 Å². The lowest BCUT2D eigenvalue weighted by Crippen LogP contribution is -2.77. The molecule has 12 rings (SSSR count). The van der Waals surface area contributed by atoms with Crippen LogP contribution in [0.2, 0.25) is 0 Å². The number of anilines is 6. The number of para-hydroxylation sites is 3. The van der Waals surface area contributed by atoms with E-state index in [2.05, 4.69) is 287 Å². The van der Waals surface area contributed by atoms with Gasteiger partial charge in [-0.15, -0.1) is 0 Å². The van der Waals surface area contributed by atoms with Crippen LogP contribution in [0.5, 0.6) is 0 Å². The average Bonchev–Trinajstić information content (AvgIpc) is 3.75. The summed E-state index contributed by atoms with van der Waals surface area (Å²) in [7, 11) is -3.33. The summed E-state index contributed by atoms with van der Waals surface area (Å²) in [5, 5.41) is 6.60. The van der Waals surface area contributed by atoms with Crippen LogP contribution in [0.15, 0.2) is 273 Å². The SMILES string of the molecule is c1ccc(-c2ccc(N(c3ccc(-c4ccccc4)cc3)c3cccc4c3[Si](c3ccccc3)(c3ccccc3)c3c(n(-c5ccccc5)c5ccccc35)N4c3ccccc3)cc2)cc1. The van der Waals surface area contributed by atoms with Crippen LogP contribution in [0.1, 0.15) is 0 Å². The number of nitrogens with zero attached hydrogens (tertiary/aromatic N) is 3. The molecule has 11 aromatic rings. The van der Waals surface area contributed by atoms with Crippen LogP contribution in [-0.2, 0) is 0 Å². The van der Waals surface area contributed by atoms with Gasteiger partial charge in [-0.3, -0.25) is 9.47 Å². The summed E-state index contributed by atoms with van der Waals surface area (Å²) in [6.07, 6.45) is 0. The maximum atomic E-state index is 2.55. The number of aromatic nitrogens is 1. The van der Waals surface area contributed by atoms with Crippen molar-refractivity contribution >= 4 is 74.0 Å². The molecular formula is C62H45N3Si. The Balaban J connectivity index is 1.23. The third-order valence-corrected chi connectivity index (χ3v) is 18.1. The number of rotatable bonds is 9. The zero-order valence-corrected chi connectivity index (χ0v) is 37.3. The van der Waals surface area contributed by atoms with Crippen molar-refractivity contribution in [1.82, 2.24) is 4.57 Å². The minimum atomic E-state index is -3.33. The topological polar surface area (TPSA) is 11.4 Å². The van der Waals surface area contributed by atoms with Crippen LogP contribution in [0.4, 0.5) is 34.3 Å². The molecule has 0 fully saturated rings. The second-order valence-electron chi connectivity index (χ2n) is 16.9. The predicted molar refractivity (Wildman–Crippen MR) is 281 cm³/mol. The summed E-state index contributed by atoms with van der Waals surface area (Å²) in [4.78, 5) is 5.06. The quantitative estimate of drug-likeness (QED) is 0.134. The van der Waals surface area contributed by atoms with E-state index in [4.69, 9.17) is 0 Å². The molecule has 0 unspecified atom stereocenters. The minimum absolute atomic E-state index is 1.09. The van der Waals surface area contributed by atoms with Gasteiger partial charge in [-0.05, 0) is 99.4 Å². The Labute approximate surface area is 387 Å². The molecule has 1 aliphatic rings. The number of hydrogen-bond donors (Lipinski definition) is 0. The molecule has 0 saturated heterocycles. The first-order valence-corrected chi connectivity index (χ1v) is 24.7. The van der Waals surface area contributed by atoms with Gasteiger partial charge >= 0.3 is 0 Å². The van der Waals surface area contributed by atoms with Gasteiger partial charge in [0.05, 0.1) is 5.52 Å². The van der Waals surface area contributed by atoms with Crippen LogP contribution in [0.3, 0.4) is 0 Å². The Morgan fingerprint density at radius 1 is 0.318 bits per heavy atom. The van der Waals surface area contributed by atoms with Crippen molar-refractivity contribution in [2.24, 2.45) is 0 Å². The van der Waals surface area contributed by atoms with Gasteiger partial charge in [0.25, 0.3) is 0 Å². The molecule has 4 heteroatoms. The van der Waals surface area contributed by atoms with Gasteiger partial charge in [-0.1, -0.05) is 206 Å². The highest BCUT2D eigenvalue weighted by molar-refractivity contribution is 7.23. The summed E-state index contributed by atoms with van der Waals surface area (Å²) < 4.78 is 2.52. The molecule has 0 bridgehead atoms. The molecule has 0 atom stereocenters. The largest absolute Gasteiger partial charge is 0.311 e. The van der Waals surface area contributed by atoms with Crippen LogP contribution in [0, 0.1) is 0 Å². The Kier molecular flexibility index (Phi) is 9.85. The second-order valence-corrected chi connectivity index (χ2v) is 20.5. The van der Waals surface area contributed by atoms with Crippen molar-refractivity contribution in [1.29, 1.82) is 0 Å². The summed E-state index contributed by atoms with van der Waals surface area (Å²) in [6, 6.07) is 100. The molecular weight excluding hydrogens is 815 g/mol. The Hall–Kier alpha value is -8.44. The van der Waals surface area contributed by atoms with Crippen molar-refractivity contribution in [2.45, 2.75) is 0 Å². The van der Waals surface area contributed by atoms with Crippen molar-refractivity contribution in [3.05, 3.63) is 273 Å². The van der Waals surface area contributed by atoms with E-state index in [1.54, 1.807) is 0 Å². The summed E-state index contributed by atoms with van der Waals surface area (Å²) in [5.74, 6) is 1.17. The van der Waals surface area contributed by atoms with E-state index in [9.17, 15) is 0 Å². The fourth-order valence-electron chi connectivity index (χ4n) is 10.4. The third-order valence-electron chi connectivity index (χ3n) is 13.2. The summed E-state index contributed by atoms with van der Waals surface area (Å²) in [5.41, 5.74) is 12.6. The van der Waals surface area contributed by atoms with E-state index >= 15 is 0 Å². The standard InChI is InChI=1S/C62H45N3Si/c1-7-22-46(23-8-1)48-38-42-52(43-39-48)63(53-44-40-49(41-45-53)47-24-9-2-10-25-47)58-36-21-37-59-61(58)66(54-30-15-5-16-31-54,55-32-17-6-18-33-55)60-56-34-19-20-35-57(56)64(50-26-11-3-12-27-50)62(60)65(59)51-28-13-4-14-29-51/h1-45H. The first-order chi connectivity index (χ1) is 32.8. The Bertz CT molecular complexity index is 3310. The molecule has 1 aromatic heterocycles. The molecule has 0 aliphatic carbocycles. The maximum Gasteiger partial charge on any atom is 0.189 e. The molecule has 2 heterocycles. The molecule has 0 radical (unpaired) electrons. The first-order valence-electron chi connectivity index (χ1n) is 22.7. The van der Waals surface area contributed by atoms with Gasteiger partial charge in [-0.2, -0.15) is 0 Å². The van der Waals surface area contributed by atoms with Crippen LogP contribution in [-0.4, -0.2) is 12.6 Å². The van der Waals surface area contributed by atoms with Gasteiger partial charge in [0.15, 0.2) is 8.07 Å². The molecule has 0 spiro atoms. The highest BCUT2D eigenvalue weighted by atomic mass is 28.3. The Morgan fingerprint density at radius 3 is 1.26 bits per heavy atom. The molecule has 1 aliphatic heterocycles. The van der Waals surface area contributed by atoms with Gasteiger partial charge < -0.3 is 4.90 Å². The lowest BCUT2D eigenvalue weighted by Gasteiger charge is -2.46. The van der Waals surface area contributed by atoms with Crippen molar-refractivity contribution in [2.75, 3.05) is 9.80 Å². The summed E-state index contributed by atoms with van der Waals surface area (Å²) in [6.45, 7) is 0. The number of fused-ring (bicyclic) bond motifs is 4. The van der Waals surface area contributed by atoms with Crippen LogP contribution in [0.25, 0.3) is 38.8 Å². The van der Waals surface area contributed by atoms with Gasteiger partial charge in [0.1, 0.15) is 5.82 Å². The van der Waals surface area contributed by atoms with Crippen LogP contribution >= 0.6 is 0 Å². The molecule has 3 nitrogen and oxygen atoms in total. The Morgan fingerprint density at radius 2 is 0.742 bits per heavy atom. The van der Waals surface area contributed by atoms with E-state index in [-0.39, 0.29) is 0 Å². The van der Waals surface area contributed by atoms with E-state index in [1.165, 1.54) is 59.7 Å². The van der Waals surface area contributed by atoms with E-state index in [0.29, 0.717) is 0 Å². The van der Waals surface area contributed by atoms with Crippen molar-refractivity contribution < 1.29 is 0 Å². The molecule has 312 valence electrons. The van der Waals surface area contributed by atoms with Gasteiger partial charge in [0, 0.05) is 49.9 Å². The normalized spacial score (nSPS) is 12.6. The fourth-order valence-corrected chi connectivity index (χ4v) is 15.9. The average molecular weight is 860 g/mol. The van der Waals surface area contributed by atoms with Gasteiger partial charge in [0.2, 0.25) is 0 Å². The minimum Gasteiger partial charge on any atom is -0.311 e. The lowest BCUT2D eigenvalue weighted by atomic mass is 10.0. The van der Waals surface area contributed by atoms with E-state index < -0.39 is 8.07 Å². The smallest absolute Gasteiger partial charge is 0.189 e. The predicted octanol–water partition coefficient (Wildman–Crippen LogP) is 13.6. The molecule has 10 aromatic carbocycles. The fraction of sp³-hybridized carbons (Fsp3) is 0. The van der Waals surface area contributed by atoms with E-state index in [1.807, 2.05) is 0 Å². The molecule has 66 heavy (non-hydrogen) atoms. The zero-order valence-electron chi connectivity index (χ0n) is 36.3. The molecule has 0 N–H and O–H groups in total. The molecule has 0 amide bonds. The molecule has 0 saturated carbocycles. The number of benzene rings is 10. The maximum absolute atomic E-state index is 3.33. The third kappa shape index (κ3) is 6.41. The van der Waals surface area contributed by atoms with Crippen molar-refractivity contribution in [3.8, 4) is 27.9 Å². The van der Waals surface area contributed by atoms with Gasteiger partial charge in [-0.25, -0.2) is 0 Å². The zero-order chi connectivity index (χ0) is 43.9. The number of hydrogen-bond acceptors (Lipinski definition) is 2. The second kappa shape index (κ2) is 16.6. The first kappa shape index (κ1) is 39.2. The summed E-state index contributed by atoms with van der Waals surface area (Å²) >= 11 is 0. The lowest BCUT2D eigenvalue weighted by molar-refractivity contribution is 1.08. The monoisotopic (exact) mass is 859 g/mol. The van der Waals surface area contributed by atoms with E-state index in [0.717, 1.165) is 34.1 Å².